The van der Waals surface area contributed by atoms with E-state index < -0.39 is 17.9 Å². The van der Waals surface area contributed by atoms with Gasteiger partial charge in [-0.3, -0.25) is 4.79 Å². The molecule has 1 unspecified atom stereocenters. The Balaban J connectivity index is 2.44. The zero-order chi connectivity index (χ0) is 23.5. The fraction of sp³-hybridized carbons (Fsp3) is 0.417. The summed E-state index contributed by atoms with van der Waals surface area (Å²) in [5, 5.41) is 14.1. The van der Waals surface area contributed by atoms with Crippen LogP contribution in [0.15, 0.2) is 48.3 Å². The van der Waals surface area contributed by atoms with Gasteiger partial charge >= 0.3 is 5.97 Å². The molecule has 0 fully saturated rings. The number of nitrogens with one attached hydrogen (secondary N) is 1. The minimum absolute atomic E-state index is 0.0651. The smallest absolute Gasteiger partial charge is 0.328 e. The van der Waals surface area contributed by atoms with Crippen LogP contribution in [-0.2, 0) is 25.6 Å². The summed E-state index contributed by atoms with van der Waals surface area (Å²) in [6.07, 6.45) is 4.01. The fourth-order valence-electron chi connectivity index (χ4n) is 3.42. The first-order valence-corrected chi connectivity index (χ1v) is 10.5. The van der Waals surface area contributed by atoms with Crippen LogP contribution in [0, 0.1) is 17.2 Å². The van der Waals surface area contributed by atoms with Gasteiger partial charge in [-0.1, -0.05) is 49.9 Å². The Morgan fingerprint density at radius 2 is 2.09 bits per heavy atom. The lowest BCUT2D eigenvalue weighted by molar-refractivity contribution is -0.150. The van der Waals surface area contributed by atoms with Crippen molar-refractivity contribution in [2.24, 2.45) is 11.1 Å². The van der Waals surface area contributed by atoms with Gasteiger partial charge in [0.15, 0.2) is 0 Å². The van der Waals surface area contributed by atoms with E-state index in [2.05, 4.69) is 16.7 Å². The lowest BCUT2D eigenvalue weighted by atomic mass is 10.0. The highest BCUT2D eigenvalue weighted by molar-refractivity contribution is 6.39. The molecule has 2 aromatic rings. The summed E-state index contributed by atoms with van der Waals surface area (Å²) >= 11 is 0. The van der Waals surface area contributed by atoms with Crippen LogP contribution < -0.4 is 0 Å². The summed E-state index contributed by atoms with van der Waals surface area (Å²) in [6, 6.07) is 8.85. The van der Waals surface area contributed by atoms with Crippen LogP contribution in [0.1, 0.15) is 32.3 Å². The number of amides is 1. The minimum Gasteiger partial charge on any atom is -0.467 e. The monoisotopic (exact) mass is 438 g/mol. The number of benzene rings is 1. The fourth-order valence-corrected chi connectivity index (χ4v) is 3.42. The average Bonchev–Trinajstić information content (AvgIpc) is 3.19. The van der Waals surface area contributed by atoms with Gasteiger partial charge in [-0.05, 0) is 17.5 Å². The van der Waals surface area contributed by atoms with Crippen LogP contribution in [-0.4, -0.2) is 53.8 Å². The van der Waals surface area contributed by atoms with Crippen molar-refractivity contribution in [2.45, 2.75) is 39.2 Å². The number of rotatable bonds is 12. The van der Waals surface area contributed by atoms with Crippen molar-refractivity contribution in [3.05, 3.63) is 48.7 Å². The molecule has 8 nitrogen and oxygen atoms in total. The Bertz CT molecular complexity index is 1000. The highest BCUT2D eigenvalue weighted by Gasteiger charge is 2.34. The number of esters is 1. The number of ether oxygens (including phenoxy) is 1. The van der Waals surface area contributed by atoms with Gasteiger partial charge in [0.1, 0.15) is 18.4 Å². The molecule has 32 heavy (non-hydrogen) atoms. The van der Waals surface area contributed by atoms with Gasteiger partial charge in [0.05, 0.1) is 19.6 Å². The molecule has 0 radical (unpaired) electrons. The van der Waals surface area contributed by atoms with E-state index in [1.54, 1.807) is 0 Å². The van der Waals surface area contributed by atoms with E-state index in [4.69, 9.17) is 14.8 Å². The maximum absolute atomic E-state index is 13.5. The SMILES string of the molecule is C=CCON=C(CC(C)C)C(=O)N(CCC#N)C(Cc1c[nH]c2ccccc12)C(=O)OC. The molecule has 0 aliphatic rings. The second-order valence-electron chi connectivity index (χ2n) is 7.73. The summed E-state index contributed by atoms with van der Waals surface area (Å²) < 4.78 is 5.03. The maximum atomic E-state index is 13.5. The molecular weight excluding hydrogens is 408 g/mol. The van der Waals surface area contributed by atoms with Crippen molar-refractivity contribution >= 4 is 28.5 Å². The predicted octanol–water partition coefficient (Wildman–Crippen LogP) is 3.60. The molecule has 0 spiro atoms. The summed E-state index contributed by atoms with van der Waals surface area (Å²) in [5.41, 5.74) is 1.99. The average molecular weight is 439 g/mol. The molecule has 0 bridgehead atoms. The van der Waals surface area contributed by atoms with Crippen LogP contribution in [0.2, 0.25) is 0 Å². The molecule has 2 rings (SSSR count). The Labute approximate surface area is 188 Å². The van der Waals surface area contributed by atoms with Crippen molar-refractivity contribution < 1.29 is 19.2 Å². The second kappa shape index (κ2) is 12.3. The van der Waals surface area contributed by atoms with E-state index in [9.17, 15) is 9.59 Å². The van der Waals surface area contributed by atoms with Crippen molar-refractivity contribution in [2.75, 3.05) is 20.3 Å². The van der Waals surface area contributed by atoms with Gasteiger partial charge in [0.2, 0.25) is 0 Å². The van der Waals surface area contributed by atoms with E-state index in [1.165, 1.54) is 18.1 Å². The topological polar surface area (TPSA) is 108 Å². The van der Waals surface area contributed by atoms with Crippen LogP contribution >= 0.6 is 0 Å². The van der Waals surface area contributed by atoms with Crippen LogP contribution in [0.5, 0.6) is 0 Å². The lowest BCUT2D eigenvalue weighted by Crippen LogP contribution is -2.50. The van der Waals surface area contributed by atoms with Crippen molar-refractivity contribution in [1.82, 2.24) is 9.88 Å². The number of aromatic nitrogens is 1. The summed E-state index contributed by atoms with van der Waals surface area (Å²) in [6.45, 7) is 7.72. The number of carbonyl (C=O) groups is 2. The summed E-state index contributed by atoms with van der Waals surface area (Å²) in [7, 11) is 1.29. The summed E-state index contributed by atoms with van der Waals surface area (Å²) in [5.74, 6) is -0.876. The van der Waals surface area contributed by atoms with Crippen LogP contribution in [0.4, 0.5) is 0 Å². The van der Waals surface area contributed by atoms with Crippen LogP contribution in [0.25, 0.3) is 10.9 Å². The van der Waals surface area contributed by atoms with Crippen molar-refractivity contribution in [3.8, 4) is 6.07 Å². The number of nitriles is 1. The highest BCUT2D eigenvalue weighted by Crippen LogP contribution is 2.22. The number of H-pyrrole nitrogens is 1. The van der Waals surface area contributed by atoms with E-state index in [0.717, 1.165) is 16.5 Å². The molecule has 1 aromatic carbocycles. The number of fused-ring (bicyclic) bond motifs is 1. The predicted molar refractivity (Wildman–Crippen MR) is 123 cm³/mol. The molecule has 1 heterocycles. The Kier molecular flexibility index (Phi) is 9.48. The molecule has 1 N–H and O–H groups in total. The van der Waals surface area contributed by atoms with Gasteiger partial charge in [-0.25, -0.2) is 4.79 Å². The third-order valence-electron chi connectivity index (χ3n) is 4.88. The third kappa shape index (κ3) is 6.45. The Morgan fingerprint density at radius 1 is 1.34 bits per heavy atom. The van der Waals surface area contributed by atoms with E-state index in [0.29, 0.717) is 6.42 Å². The largest absolute Gasteiger partial charge is 0.467 e. The molecule has 1 aromatic heterocycles. The normalized spacial score (nSPS) is 12.3. The molecule has 1 amide bonds. The van der Waals surface area contributed by atoms with Gasteiger partial charge < -0.3 is 19.5 Å². The highest BCUT2D eigenvalue weighted by atomic mass is 16.6. The molecule has 0 aliphatic heterocycles. The standard InChI is InChI=1S/C24H30N4O4/c1-5-13-32-27-21(14-17(2)3)23(29)28(12-8-11-25)22(24(30)31-4)15-18-16-26-20-10-7-6-9-19(18)20/h5-7,9-10,16-17,22,26H,1,8,12-15H2,2-4H3. The van der Waals surface area contributed by atoms with Gasteiger partial charge in [0.25, 0.3) is 5.91 Å². The number of aromatic amines is 1. The minimum atomic E-state index is -0.920. The zero-order valence-electron chi connectivity index (χ0n) is 18.8. The van der Waals surface area contributed by atoms with E-state index in [-0.39, 0.29) is 37.6 Å². The number of methoxy groups -OCH3 is 1. The molecule has 8 heteroatoms. The van der Waals surface area contributed by atoms with Gasteiger partial charge in [0, 0.05) is 36.5 Å². The number of nitrogens with zero attached hydrogens (tertiary/aromatic N) is 3. The first-order chi connectivity index (χ1) is 15.4. The van der Waals surface area contributed by atoms with Crippen molar-refractivity contribution in [3.63, 3.8) is 0 Å². The number of carbonyl (C=O) groups excluding carboxylic acids is 2. The second-order valence-corrected chi connectivity index (χ2v) is 7.73. The first-order valence-electron chi connectivity index (χ1n) is 10.5. The molecule has 170 valence electrons. The molecule has 1 atom stereocenters. The van der Waals surface area contributed by atoms with Gasteiger partial charge in [-0.15, -0.1) is 0 Å². The first kappa shape index (κ1) is 24.7. The molecular formula is C24H30N4O4. The van der Waals surface area contributed by atoms with Crippen LogP contribution in [0.3, 0.4) is 0 Å². The molecule has 0 saturated heterocycles. The molecule has 0 saturated carbocycles. The number of oxime groups is 1. The third-order valence-corrected chi connectivity index (χ3v) is 4.88. The van der Waals surface area contributed by atoms with E-state index >= 15 is 0 Å². The van der Waals surface area contributed by atoms with E-state index in [1.807, 2.05) is 50.4 Å². The zero-order valence-corrected chi connectivity index (χ0v) is 18.8. The maximum Gasteiger partial charge on any atom is 0.328 e. The van der Waals surface area contributed by atoms with Gasteiger partial charge in [-0.2, -0.15) is 5.26 Å². The lowest BCUT2D eigenvalue weighted by Gasteiger charge is -2.30. The quantitative estimate of drug-likeness (QED) is 0.179. The summed E-state index contributed by atoms with van der Waals surface area (Å²) in [4.78, 5) is 36.0. The Hall–Kier alpha value is -3.60. The van der Waals surface area contributed by atoms with Crippen molar-refractivity contribution in [1.29, 1.82) is 5.26 Å². The number of para-hydroxylation sites is 1. The number of hydrogen-bond donors (Lipinski definition) is 1. The number of hydrogen-bond acceptors (Lipinski definition) is 6. The Morgan fingerprint density at radius 3 is 2.75 bits per heavy atom. The molecule has 0 aliphatic carbocycles.